The third kappa shape index (κ3) is 2.26. The molecule has 0 aliphatic rings. The number of aromatic nitrogens is 3. The molecule has 0 fully saturated rings. The van der Waals surface area contributed by atoms with Crippen molar-refractivity contribution in [1.82, 2.24) is 14.5 Å². The molecule has 0 aliphatic heterocycles. The second kappa shape index (κ2) is 5.01. The molecule has 0 unspecified atom stereocenters. The van der Waals surface area contributed by atoms with Crippen molar-refractivity contribution in [2.24, 2.45) is 0 Å². The Morgan fingerprint density at radius 2 is 2.10 bits per heavy atom. The van der Waals surface area contributed by atoms with Crippen LogP contribution in [0.4, 0.5) is 14.7 Å². The monoisotopic (exact) mass is 290 g/mol. The van der Waals surface area contributed by atoms with Gasteiger partial charge >= 0.3 is 0 Å². The maximum Gasteiger partial charge on any atom is 0.213 e. The minimum atomic E-state index is -0.960. The van der Waals surface area contributed by atoms with E-state index >= 15 is 0 Å². The van der Waals surface area contributed by atoms with Gasteiger partial charge in [-0.2, -0.15) is 0 Å². The number of imidazole rings is 1. The van der Waals surface area contributed by atoms with Crippen molar-refractivity contribution in [3.05, 3.63) is 47.7 Å². The molecular formula is C14H12F2N4O. The van der Waals surface area contributed by atoms with Gasteiger partial charge in [-0.1, -0.05) is 0 Å². The molecule has 2 aromatic heterocycles. The number of benzene rings is 1. The summed E-state index contributed by atoms with van der Waals surface area (Å²) < 4.78 is 33.9. The maximum atomic E-state index is 14.0. The molecule has 2 heterocycles. The predicted octanol–water partition coefficient (Wildman–Crippen LogP) is 2.35. The summed E-state index contributed by atoms with van der Waals surface area (Å²) >= 11 is 0. The number of halogens is 2. The Bertz CT molecular complexity index is 816. The Balaban J connectivity index is 2.11. The van der Waals surface area contributed by atoms with Crippen molar-refractivity contribution < 1.29 is 13.5 Å². The van der Waals surface area contributed by atoms with Crippen LogP contribution >= 0.6 is 0 Å². The van der Waals surface area contributed by atoms with Crippen LogP contribution < -0.4 is 10.5 Å². The van der Waals surface area contributed by atoms with Gasteiger partial charge in [-0.15, -0.1) is 0 Å². The second-order valence-electron chi connectivity index (χ2n) is 4.49. The standard InChI is InChI=1S/C14H12F2N4O/c1-21-11-6-8(4-5-18-11)7-20-13-10(19-14(20)17)3-2-9(15)12(13)16/h2-6H,7H2,1H3,(H2,17,19). The summed E-state index contributed by atoms with van der Waals surface area (Å²) in [6.45, 7) is 0.238. The van der Waals surface area contributed by atoms with Crippen LogP contribution in [0.15, 0.2) is 30.5 Å². The molecule has 2 N–H and O–H groups in total. The molecule has 21 heavy (non-hydrogen) atoms. The number of nitrogens with two attached hydrogens (primary N) is 1. The highest BCUT2D eigenvalue weighted by Gasteiger charge is 2.16. The van der Waals surface area contributed by atoms with E-state index in [1.165, 1.54) is 17.7 Å². The average Bonchev–Trinajstić information content (AvgIpc) is 2.80. The molecule has 0 saturated heterocycles. The van der Waals surface area contributed by atoms with Crippen LogP contribution in [0.2, 0.25) is 0 Å². The van der Waals surface area contributed by atoms with Gasteiger partial charge in [-0.05, 0) is 23.8 Å². The lowest BCUT2D eigenvalue weighted by Crippen LogP contribution is -2.06. The molecule has 3 aromatic rings. The first kappa shape index (κ1) is 13.3. The van der Waals surface area contributed by atoms with Gasteiger partial charge in [0.15, 0.2) is 11.6 Å². The summed E-state index contributed by atoms with van der Waals surface area (Å²) in [5.41, 5.74) is 6.95. The smallest absolute Gasteiger partial charge is 0.213 e. The van der Waals surface area contributed by atoms with Crippen molar-refractivity contribution >= 4 is 17.0 Å². The van der Waals surface area contributed by atoms with Crippen molar-refractivity contribution in [1.29, 1.82) is 0 Å². The van der Waals surface area contributed by atoms with E-state index in [0.717, 1.165) is 11.6 Å². The molecule has 0 bridgehead atoms. The zero-order valence-corrected chi connectivity index (χ0v) is 11.2. The number of hydrogen-bond donors (Lipinski definition) is 1. The normalized spacial score (nSPS) is 11.0. The molecule has 0 saturated carbocycles. The van der Waals surface area contributed by atoms with E-state index in [1.54, 1.807) is 18.3 Å². The largest absolute Gasteiger partial charge is 0.481 e. The third-order valence-corrected chi connectivity index (χ3v) is 3.18. The van der Waals surface area contributed by atoms with Gasteiger partial charge in [-0.25, -0.2) is 18.7 Å². The number of nitrogens with zero attached hydrogens (tertiary/aromatic N) is 3. The van der Waals surface area contributed by atoms with Crippen LogP contribution in [0.1, 0.15) is 5.56 Å². The van der Waals surface area contributed by atoms with E-state index in [4.69, 9.17) is 10.5 Å². The first-order chi connectivity index (χ1) is 10.1. The van der Waals surface area contributed by atoms with Gasteiger partial charge in [-0.3, -0.25) is 0 Å². The molecule has 0 aliphatic carbocycles. The molecule has 0 spiro atoms. The van der Waals surface area contributed by atoms with Crippen LogP contribution in [0.25, 0.3) is 11.0 Å². The maximum absolute atomic E-state index is 14.0. The highest BCUT2D eigenvalue weighted by atomic mass is 19.2. The third-order valence-electron chi connectivity index (χ3n) is 3.18. The van der Waals surface area contributed by atoms with Crippen LogP contribution in [-0.4, -0.2) is 21.6 Å². The molecule has 108 valence electrons. The SMILES string of the molecule is COc1cc(Cn2c(N)nc3ccc(F)c(F)c32)ccn1. The van der Waals surface area contributed by atoms with E-state index in [-0.39, 0.29) is 18.0 Å². The van der Waals surface area contributed by atoms with E-state index in [9.17, 15) is 8.78 Å². The van der Waals surface area contributed by atoms with Gasteiger partial charge < -0.3 is 15.0 Å². The number of pyridine rings is 1. The van der Waals surface area contributed by atoms with Gasteiger partial charge in [0.2, 0.25) is 11.8 Å². The van der Waals surface area contributed by atoms with Crippen LogP contribution in [0, 0.1) is 11.6 Å². The molecule has 5 nitrogen and oxygen atoms in total. The Morgan fingerprint density at radius 3 is 2.86 bits per heavy atom. The number of fused-ring (bicyclic) bond motifs is 1. The highest BCUT2D eigenvalue weighted by Crippen LogP contribution is 2.24. The van der Waals surface area contributed by atoms with Crippen LogP contribution in [-0.2, 0) is 6.54 Å². The summed E-state index contributed by atoms with van der Waals surface area (Å²) in [6, 6.07) is 5.87. The summed E-state index contributed by atoms with van der Waals surface area (Å²) in [7, 11) is 1.50. The number of nitrogen functional groups attached to an aromatic ring is 1. The Morgan fingerprint density at radius 1 is 1.29 bits per heavy atom. The lowest BCUT2D eigenvalue weighted by Gasteiger charge is -2.08. The van der Waals surface area contributed by atoms with E-state index in [0.29, 0.717) is 11.4 Å². The number of anilines is 1. The number of hydrogen-bond acceptors (Lipinski definition) is 4. The minimum absolute atomic E-state index is 0.0447. The molecule has 0 atom stereocenters. The molecule has 7 heteroatoms. The topological polar surface area (TPSA) is 66.0 Å². The Kier molecular flexibility index (Phi) is 3.17. The van der Waals surface area contributed by atoms with Crippen molar-refractivity contribution in [2.45, 2.75) is 6.54 Å². The van der Waals surface area contributed by atoms with Gasteiger partial charge in [0, 0.05) is 12.3 Å². The summed E-state index contributed by atoms with van der Waals surface area (Å²) in [6.07, 6.45) is 1.57. The fourth-order valence-electron chi connectivity index (χ4n) is 2.18. The van der Waals surface area contributed by atoms with E-state index in [1.807, 2.05) is 0 Å². The molecule has 0 radical (unpaired) electrons. The zero-order chi connectivity index (χ0) is 15.0. The molecule has 0 amide bonds. The summed E-state index contributed by atoms with van der Waals surface area (Å²) in [4.78, 5) is 8.03. The Labute approximate surface area is 119 Å². The van der Waals surface area contributed by atoms with Crippen molar-refractivity contribution in [2.75, 3.05) is 12.8 Å². The average molecular weight is 290 g/mol. The van der Waals surface area contributed by atoms with Gasteiger partial charge in [0.1, 0.15) is 5.52 Å². The second-order valence-corrected chi connectivity index (χ2v) is 4.49. The number of ether oxygens (including phenoxy) is 1. The minimum Gasteiger partial charge on any atom is -0.481 e. The fraction of sp³-hybridized carbons (Fsp3) is 0.143. The lowest BCUT2D eigenvalue weighted by atomic mass is 10.2. The predicted molar refractivity (Wildman–Crippen MR) is 74.0 cm³/mol. The fourth-order valence-corrected chi connectivity index (χ4v) is 2.18. The lowest BCUT2D eigenvalue weighted by molar-refractivity contribution is 0.397. The van der Waals surface area contributed by atoms with Crippen LogP contribution in [0.5, 0.6) is 5.88 Å². The van der Waals surface area contributed by atoms with E-state index < -0.39 is 11.6 Å². The van der Waals surface area contributed by atoms with Crippen LogP contribution in [0.3, 0.4) is 0 Å². The first-order valence-corrected chi connectivity index (χ1v) is 6.19. The molecule has 1 aromatic carbocycles. The Hall–Kier alpha value is -2.70. The van der Waals surface area contributed by atoms with Gasteiger partial charge in [0.05, 0.1) is 19.2 Å². The molecule has 3 rings (SSSR count). The molecular weight excluding hydrogens is 278 g/mol. The summed E-state index contributed by atoms with van der Waals surface area (Å²) in [5.74, 6) is -1.35. The van der Waals surface area contributed by atoms with Gasteiger partial charge in [0.25, 0.3) is 0 Å². The number of rotatable bonds is 3. The first-order valence-electron chi connectivity index (χ1n) is 6.19. The quantitative estimate of drug-likeness (QED) is 0.804. The van der Waals surface area contributed by atoms with Crippen molar-refractivity contribution in [3.63, 3.8) is 0 Å². The summed E-state index contributed by atoms with van der Waals surface area (Å²) in [5, 5.41) is 0. The zero-order valence-electron chi connectivity index (χ0n) is 11.2. The van der Waals surface area contributed by atoms with E-state index in [2.05, 4.69) is 9.97 Å². The highest BCUT2D eigenvalue weighted by molar-refractivity contribution is 5.79. The van der Waals surface area contributed by atoms with Crippen molar-refractivity contribution in [3.8, 4) is 5.88 Å². The number of methoxy groups -OCH3 is 1.